The lowest BCUT2D eigenvalue weighted by molar-refractivity contribution is -0.385. The third-order valence-electron chi connectivity index (χ3n) is 5.88. The Balaban J connectivity index is 1.80. The first-order chi connectivity index (χ1) is 15.6. The highest BCUT2D eigenvalue weighted by molar-refractivity contribution is 6.00. The van der Waals surface area contributed by atoms with Gasteiger partial charge in [-0.3, -0.25) is 19.6 Å². The lowest BCUT2D eigenvalue weighted by atomic mass is 9.70. The van der Waals surface area contributed by atoms with Crippen molar-refractivity contribution in [2.75, 3.05) is 7.11 Å². The zero-order chi connectivity index (χ0) is 23.9. The lowest BCUT2D eigenvalue weighted by Gasteiger charge is -2.37. The maximum atomic E-state index is 13.1. The Morgan fingerprint density at radius 2 is 2.18 bits per heavy atom. The first-order valence-electron chi connectivity index (χ1n) is 10.3. The number of ketones is 1. The van der Waals surface area contributed by atoms with Gasteiger partial charge in [0, 0.05) is 24.0 Å². The number of nitro groups is 1. The molecule has 4 rings (SSSR count). The number of carbonyl (C=O) groups is 1. The minimum atomic E-state index is -0.668. The quantitative estimate of drug-likeness (QED) is 0.540. The Labute approximate surface area is 190 Å². The number of methoxy groups -OCH3 is 1. The maximum Gasteiger partial charge on any atom is 0.307 e. The average Bonchev–Trinajstić information content (AvgIpc) is 3.20. The summed E-state index contributed by atoms with van der Waals surface area (Å²) < 4.78 is 12.6. The number of ether oxygens (including phenoxy) is 2. The van der Waals surface area contributed by atoms with Gasteiger partial charge in [-0.1, -0.05) is 19.9 Å². The average molecular weight is 449 g/mol. The molecule has 2 aromatic rings. The van der Waals surface area contributed by atoms with Crippen LogP contribution in [0.4, 0.5) is 5.69 Å². The fourth-order valence-corrected chi connectivity index (χ4v) is 4.43. The van der Waals surface area contributed by atoms with E-state index in [2.05, 4.69) is 11.2 Å². The van der Waals surface area contributed by atoms with Crippen molar-refractivity contribution in [2.45, 2.75) is 39.2 Å². The molecule has 0 saturated heterocycles. The van der Waals surface area contributed by atoms with E-state index in [1.807, 2.05) is 19.9 Å². The fraction of sp³-hybridized carbons (Fsp3) is 0.348. The molecular weight excluding hydrogens is 426 g/mol. The van der Waals surface area contributed by atoms with Crippen LogP contribution in [-0.4, -0.2) is 27.6 Å². The summed E-state index contributed by atoms with van der Waals surface area (Å²) in [6, 6.07) is 7.44. The summed E-state index contributed by atoms with van der Waals surface area (Å²) in [5.74, 6) is 0.292. The monoisotopic (exact) mass is 449 g/mol. The van der Waals surface area contributed by atoms with E-state index in [1.165, 1.54) is 24.2 Å². The van der Waals surface area contributed by atoms with Crippen molar-refractivity contribution in [3.05, 3.63) is 74.6 Å². The Morgan fingerprint density at radius 3 is 2.82 bits per heavy atom. The third-order valence-corrected chi connectivity index (χ3v) is 5.88. The Kier molecular flexibility index (Phi) is 5.41. The van der Waals surface area contributed by atoms with Gasteiger partial charge in [0.15, 0.2) is 5.78 Å². The first kappa shape index (κ1) is 22.1. The number of hydrogen-bond donors (Lipinski definition) is 1. The van der Waals surface area contributed by atoms with Crippen LogP contribution in [0.15, 0.2) is 53.4 Å². The minimum Gasteiger partial charge on any atom is -0.496 e. The fourth-order valence-electron chi connectivity index (χ4n) is 4.43. The second-order valence-electron chi connectivity index (χ2n) is 8.93. The Bertz CT molecular complexity index is 1260. The van der Waals surface area contributed by atoms with Gasteiger partial charge in [0.2, 0.25) is 5.88 Å². The lowest BCUT2D eigenvalue weighted by Crippen LogP contribution is -2.33. The number of benzene rings is 1. The van der Waals surface area contributed by atoms with Crippen molar-refractivity contribution in [3.8, 4) is 11.8 Å². The van der Waals surface area contributed by atoms with Crippen LogP contribution in [0.5, 0.6) is 5.75 Å². The zero-order valence-electron chi connectivity index (χ0n) is 18.5. The minimum absolute atomic E-state index is 0.00757. The summed E-state index contributed by atoms with van der Waals surface area (Å²) in [5, 5.41) is 24.9. The summed E-state index contributed by atoms with van der Waals surface area (Å²) >= 11 is 0. The van der Waals surface area contributed by atoms with Crippen LogP contribution in [0.2, 0.25) is 0 Å². The van der Waals surface area contributed by atoms with Gasteiger partial charge in [0.1, 0.15) is 35.5 Å². The van der Waals surface area contributed by atoms with Crippen molar-refractivity contribution >= 4 is 11.5 Å². The number of hydrogen-bond acceptors (Lipinski definition) is 8. The van der Waals surface area contributed by atoms with E-state index in [9.17, 15) is 20.2 Å². The molecule has 1 aliphatic carbocycles. The number of carbonyl (C=O) groups excluding carboxylic acids is 1. The van der Waals surface area contributed by atoms with Gasteiger partial charge in [-0.2, -0.15) is 10.4 Å². The van der Waals surface area contributed by atoms with E-state index in [0.717, 1.165) is 0 Å². The summed E-state index contributed by atoms with van der Waals surface area (Å²) in [5.41, 5.74) is 7.68. The first-order valence-corrected chi connectivity index (χ1v) is 10.3. The van der Waals surface area contributed by atoms with Gasteiger partial charge in [-0.25, -0.2) is 0 Å². The van der Waals surface area contributed by atoms with Crippen molar-refractivity contribution < 1.29 is 19.2 Å². The third kappa shape index (κ3) is 4.05. The molecule has 0 spiro atoms. The van der Waals surface area contributed by atoms with Gasteiger partial charge in [0.25, 0.3) is 0 Å². The van der Waals surface area contributed by atoms with Crippen LogP contribution in [0.3, 0.4) is 0 Å². The zero-order valence-corrected chi connectivity index (χ0v) is 18.5. The molecule has 2 heterocycles. The normalized spacial score (nSPS) is 19.6. The summed E-state index contributed by atoms with van der Waals surface area (Å²) in [4.78, 5) is 23.6. The van der Waals surface area contributed by atoms with E-state index in [0.29, 0.717) is 41.1 Å². The second-order valence-corrected chi connectivity index (χ2v) is 8.93. The van der Waals surface area contributed by atoms with E-state index in [4.69, 9.17) is 15.2 Å². The molecule has 0 bridgehead atoms. The largest absolute Gasteiger partial charge is 0.496 e. The molecule has 0 radical (unpaired) electrons. The number of aromatic nitrogens is 2. The molecule has 0 unspecified atom stereocenters. The van der Waals surface area contributed by atoms with Crippen molar-refractivity contribution in [3.63, 3.8) is 0 Å². The van der Waals surface area contributed by atoms with Gasteiger partial charge in [0.05, 0.1) is 24.5 Å². The topological polar surface area (TPSA) is 146 Å². The van der Waals surface area contributed by atoms with Crippen LogP contribution in [0, 0.1) is 26.9 Å². The van der Waals surface area contributed by atoms with Crippen molar-refractivity contribution in [2.24, 2.45) is 11.1 Å². The molecule has 170 valence electrons. The summed E-state index contributed by atoms with van der Waals surface area (Å²) in [7, 11) is 1.52. The molecular formula is C23H23N5O5. The van der Waals surface area contributed by atoms with Crippen LogP contribution < -0.4 is 10.5 Å². The molecule has 33 heavy (non-hydrogen) atoms. The number of Topliss-reactive ketones (excluding diaryl/α,β-unsaturated/α-hetero) is 1. The van der Waals surface area contributed by atoms with Crippen LogP contribution in [0.25, 0.3) is 0 Å². The molecule has 0 amide bonds. The van der Waals surface area contributed by atoms with Gasteiger partial charge in [-0.15, -0.1) is 0 Å². The highest BCUT2D eigenvalue weighted by atomic mass is 16.6. The van der Waals surface area contributed by atoms with Crippen molar-refractivity contribution in [1.29, 1.82) is 5.26 Å². The van der Waals surface area contributed by atoms with Crippen molar-refractivity contribution in [1.82, 2.24) is 9.78 Å². The molecule has 1 aliphatic heterocycles. The molecule has 2 N–H and O–H groups in total. The second kappa shape index (κ2) is 8.09. The highest BCUT2D eigenvalue weighted by Crippen LogP contribution is 2.48. The van der Waals surface area contributed by atoms with E-state index < -0.39 is 10.8 Å². The van der Waals surface area contributed by atoms with Gasteiger partial charge in [-0.05, 0) is 23.1 Å². The smallest absolute Gasteiger partial charge is 0.307 e. The number of nitrogens with zero attached hydrogens (tertiary/aromatic N) is 4. The van der Waals surface area contributed by atoms with Gasteiger partial charge >= 0.3 is 5.69 Å². The Morgan fingerprint density at radius 1 is 1.42 bits per heavy atom. The summed E-state index contributed by atoms with van der Waals surface area (Å²) in [6.07, 6.45) is 3.37. The molecule has 1 aromatic heterocycles. The Hall–Kier alpha value is -4.13. The SMILES string of the molecule is COc1ccc([C@@H]2C(C#N)=C(N)OC3=C2C(=O)CC(C)(C)C3)cc1Cn1cc([N+](=O)[O-])cn1. The highest BCUT2D eigenvalue weighted by Gasteiger charge is 2.43. The molecule has 10 heteroatoms. The van der Waals surface area contributed by atoms with Crippen LogP contribution in [0.1, 0.15) is 43.7 Å². The predicted molar refractivity (Wildman–Crippen MR) is 117 cm³/mol. The van der Waals surface area contributed by atoms with E-state index >= 15 is 0 Å². The van der Waals surface area contributed by atoms with Crippen LogP contribution in [-0.2, 0) is 16.1 Å². The molecule has 1 atom stereocenters. The molecule has 1 aromatic carbocycles. The molecule has 0 saturated carbocycles. The summed E-state index contributed by atoms with van der Waals surface area (Å²) in [6.45, 7) is 4.17. The standard InChI is InChI=1S/C23H23N5O5/c1-23(2)7-17(29)21-19(8-23)33-22(25)16(9-24)20(21)13-4-5-18(32-3)14(6-13)11-27-12-15(10-26-27)28(30)31/h4-6,10,12,20H,7-8,11,25H2,1-3H3/t20-/m1/s1. The molecule has 2 aliphatic rings. The molecule has 0 fully saturated rings. The maximum absolute atomic E-state index is 13.1. The van der Waals surface area contributed by atoms with E-state index in [1.54, 1.807) is 12.1 Å². The van der Waals surface area contributed by atoms with Crippen LogP contribution >= 0.6 is 0 Å². The van der Waals surface area contributed by atoms with E-state index in [-0.39, 0.29) is 34.9 Å². The number of rotatable bonds is 5. The van der Waals surface area contributed by atoms with Gasteiger partial charge < -0.3 is 15.2 Å². The number of nitrogens with two attached hydrogens (primary N) is 1. The predicted octanol–water partition coefficient (Wildman–Crippen LogP) is 3.30. The molecule has 10 nitrogen and oxygen atoms in total. The number of nitriles is 1. The number of allylic oxidation sites excluding steroid dienone is 3.